The zero-order chi connectivity index (χ0) is 29.3. The van der Waals surface area contributed by atoms with E-state index >= 15 is 0 Å². The van der Waals surface area contributed by atoms with Crippen LogP contribution in [0.3, 0.4) is 0 Å². The summed E-state index contributed by atoms with van der Waals surface area (Å²) in [7, 11) is 0. The molecule has 3 rings (SSSR count). The maximum Gasteiger partial charge on any atom is 0.333 e. The Morgan fingerprint density at radius 3 is 2.07 bits per heavy atom. The zero-order valence-electron chi connectivity index (χ0n) is 26.0. The lowest BCUT2D eigenvalue weighted by molar-refractivity contribution is -0.151. The van der Waals surface area contributed by atoms with Crippen molar-refractivity contribution in [3.8, 4) is 5.75 Å². The number of aryl methyl sites for hydroxylation is 1. The topological polar surface area (TPSA) is 61.8 Å². The monoisotopic (exact) mass is 568 g/mol. The third-order valence-electron chi connectivity index (χ3n) is 9.22. The van der Waals surface area contributed by atoms with Crippen LogP contribution < -0.4 is 4.74 Å². The van der Waals surface area contributed by atoms with E-state index in [0.717, 1.165) is 67.6 Å². The number of hydrogen-bond donors (Lipinski definition) is 0. The van der Waals surface area contributed by atoms with Crippen LogP contribution >= 0.6 is 0 Å². The summed E-state index contributed by atoms with van der Waals surface area (Å²) in [5.41, 5.74) is 1.57. The first-order valence-corrected chi connectivity index (χ1v) is 16.7. The Hall–Kier alpha value is -2.30. The molecule has 2 aliphatic rings. The average Bonchev–Trinajstić information content (AvgIpc) is 2.99. The summed E-state index contributed by atoms with van der Waals surface area (Å²) in [5, 5.41) is 0. The molecule has 5 nitrogen and oxygen atoms in total. The van der Waals surface area contributed by atoms with Crippen molar-refractivity contribution in [2.45, 2.75) is 136 Å². The molecule has 2 fully saturated rings. The van der Waals surface area contributed by atoms with E-state index in [1.54, 1.807) is 6.92 Å². The largest absolute Gasteiger partial charge is 0.494 e. The van der Waals surface area contributed by atoms with Crippen LogP contribution in [0.25, 0.3) is 0 Å². The van der Waals surface area contributed by atoms with Gasteiger partial charge in [-0.25, -0.2) is 4.79 Å². The van der Waals surface area contributed by atoms with Gasteiger partial charge in [0.1, 0.15) is 11.9 Å². The van der Waals surface area contributed by atoms with Gasteiger partial charge in [-0.3, -0.25) is 4.79 Å². The summed E-state index contributed by atoms with van der Waals surface area (Å²) in [6, 6.07) is 8.06. The number of unbranched alkanes of at least 4 members (excludes halogenated alkanes) is 5. The molecule has 2 saturated carbocycles. The molecule has 0 bridgehead atoms. The van der Waals surface area contributed by atoms with Crippen LogP contribution in [0, 0.1) is 17.8 Å². The van der Waals surface area contributed by atoms with Gasteiger partial charge in [-0.15, -0.1) is 0 Å². The van der Waals surface area contributed by atoms with Crippen molar-refractivity contribution >= 4 is 11.9 Å². The number of carbonyl (C=O) groups is 2. The first-order valence-electron chi connectivity index (χ1n) is 16.7. The molecule has 41 heavy (non-hydrogen) atoms. The predicted octanol–water partition coefficient (Wildman–Crippen LogP) is 9.17. The first-order chi connectivity index (χ1) is 19.9. The molecule has 1 aromatic carbocycles. The third kappa shape index (κ3) is 13.0. The Labute approximate surface area is 249 Å². The SMILES string of the molecule is C=C(C)C(=O)OCCCCCCOc1ccc(CCC(=O)OC2CCC(C3CCC(CCCCC)CC3)CC2)cc1. The fourth-order valence-corrected chi connectivity index (χ4v) is 6.59. The standard InChI is InChI=1S/C36H56O5/c1-4-5-8-11-29-12-17-31(18-13-29)32-19-23-34(24-20-32)41-35(37)25-16-30-14-21-33(22-15-30)39-26-9-6-7-10-27-40-36(38)28(2)3/h14-15,21-22,29,31-32,34H,2,4-13,16-20,23-27H2,1,3H3. The fourth-order valence-electron chi connectivity index (χ4n) is 6.59. The highest BCUT2D eigenvalue weighted by atomic mass is 16.5. The smallest absolute Gasteiger partial charge is 0.333 e. The van der Waals surface area contributed by atoms with E-state index in [4.69, 9.17) is 14.2 Å². The molecule has 0 heterocycles. The van der Waals surface area contributed by atoms with Gasteiger partial charge in [0.05, 0.1) is 13.2 Å². The molecular formula is C36H56O5. The van der Waals surface area contributed by atoms with Crippen molar-refractivity contribution in [2.75, 3.05) is 13.2 Å². The molecule has 0 unspecified atom stereocenters. The molecule has 0 amide bonds. The summed E-state index contributed by atoms with van der Waals surface area (Å²) in [6.45, 7) is 8.65. The van der Waals surface area contributed by atoms with Crippen molar-refractivity contribution in [2.24, 2.45) is 17.8 Å². The summed E-state index contributed by atoms with van der Waals surface area (Å²) in [6.07, 6.45) is 21.0. The van der Waals surface area contributed by atoms with Gasteiger partial charge in [0.15, 0.2) is 0 Å². The molecule has 0 spiro atoms. The first kappa shape index (κ1) is 33.2. The second-order valence-electron chi connectivity index (χ2n) is 12.6. The Balaban J connectivity index is 1.20. The van der Waals surface area contributed by atoms with E-state index < -0.39 is 0 Å². The summed E-state index contributed by atoms with van der Waals surface area (Å²) >= 11 is 0. The highest BCUT2D eigenvalue weighted by Gasteiger charge is 2.31. The molecule has 0 aliphatic heterocycles. The number of rotatable bonds is 18. The highest BCUT2D eigenvalue weighted by Crippen LogP contribution is 2.41. The van der Waals surface area contributed by atoms with Gasteiger partial charge in [-0.05, 0) is 113 Å². The summed E-state index contributed by atoms with van der Waals surface area (Å²) < 4.78 is 16.8. The van der Waals surface area contributed by atoms with Crippen LogP contribution in [0.15, 0.2) is 36.4 Å². The molecular weight excluding hydrogens is 512 g/mol. The Morgan fingerprint density at radius 2 is 1.44 bits per heavy atom. The Bertz CT molecular complexity index is 891. The fraction of sp³-hybridized carbons (Fsp3) is 0.722. The molecule has 2 aliphatic carbocycles. The molecule has 0 atom stereocenters. The Morgan fingerprint density at radius 1 is 0.805 bits per heavy atom. The summed E-state index contributed by atoms with van der Waals surface area (Å²) in [4.78, 5) is 23.9. The van der Waals surface area contributed by atoms with Gasteiger partial charge >= 0.3 is 11.9 Å². The van der Waals surface area contributed by atoms with E-state index in [2.05, 4.69) is 13.5 Å². The van der Waals surface area contributed by atoms with Crippen LogP contribution in [0.4, 0.5) is 0 Å². The molecule has 0 aromatic heterocycles. The number of ether oxygens (including phenoxy) is 3. The quantitative estimate of drug-likeness (QED) is 0.100. The lowest BCUT2D eigenvalue weighted by atomic mass is 9.70. The number of benzene rings is 1. The van der Waals surface area contributed by atoms with Gasteiger partial charge in [0.2, 0.25) is 0 Å². The maximum atomic E-state index is 12.5. The van der Waals surface area contributed by atoms with E-state index in [1.807, 2.05) is 24.3 Å². The van der Waals surface area contributed by atoms with Crippen LogP contribution in [0.1, 0.15) is 129 Å². The van der Waals surface area contributed by atoms with Gasteiger partial charge in [-0.2, -0.15) is 0 Å². The van der Waals surface area contributed by atoms with Crippen molar-refractivity contribution in [1.29, 1.82) is 0 Å². The van der Waals surface area contributed by atoms with Gasteiger partial charge < -0.3 is 14.2 Å². The van der Waals surface area contributed by atoms with Crippen LogP contribution in [-0.2, 0) is 25.5 Å². The van der Waals surface area contributed by atoms with Crippen molar-refractivity contribution in [3.63, 3.8) is 0 Å². The molecule has 1 aromatic rings. The van der Waals surface area contributed by atoms with E-state index in [9.17, 15) is 9.59 Å². The van der Waals surface area contributed by atoms with Crippen LogP contribution in [0.2, 0.25) is 0 Å². The molecule has 5 heteroatoms. The third-order valence-corrected chi connectivity index (χ3v) is 9.22. The van der Waals surface area contributed by atoms with Crippen LogP contribution in [-0.4, -0.2) is 31.3 Å². The van der Waals surface area contributed by atoms with E-state index in [1.165, 1.54) is 64.2 Å². The molecule has 230 valence electrons. The maximum absolute atomic E-state index is 12.5. The van der Waals surface area contributed by atoms with Crippen molar-refractivity contribution in [1.82, 2.24) is 0 Å². The second kappa shape index (κ2) is 19.0. The lowest BCUT2D eigenvalue weighted by Crippen LogP contribution is -2.29. The minimum Gasteiger partial charge on any atom is -0.494 e. The Kier molecular flexibility index (Phi) is 15.4. The van der Waals surface area contributed by atoms with Crippen molar-refractivity contribution in [3.05, 3.63) is 42.0 Å². The molecule has 0 N–H and O–H groups in total. The average molecular weight is 569 g/mol. The van der Waals surface area contributed by atoms with Gasteiger partial charge in [0, 0.05) is 12.0 Å². The zero-order valence-corrected chi connectivity index (χ0v) is 26.0. The lowest BCUT2D eigenvalue weighted by Gasteiger charge is -2.37. The number of esters is 2. The molecule has 0 saturated heterocycles. The van der Waals surface area contributed by atoms with E-state index in [-0.39, 0.29) is 18.0 Å². The minimum atomic E-state index is -0.313. The summed E-state index contributed by atoms with van der Waals surface area (Å²) in [5.74, 6) is 3.22. The highest BCUT2D eigenvalue weighted by molar-refractivity contribution is 5.86. The minimum absolute atomic E-state index is 0.0595. The molecule has 0 radical (unpaired) electrons. The van der Waals surface area contributed by atoms with Gasteiger partial charge in [0.25, 0.3) is 0 Å². The number of carbonyl (C=O) groups excluding carboxylic acids is 2. The van der Waals surface area contributed by atoms with Crippen LogP contribution in [0.5, 0.6) is 5.75 Å². The van der Waals surface area contributed by atoms with Gasteiger partial charge in [-0.1, -0.05) is 64.2 Å². The van der Waals surface area contributed by atoms with Crippen molar-refractivity contribution < 1.29 is 23.8 Å². The normalized spacial score (nSPS) is 22.6. The van der Waals surface area contributed by atoms with E-state index in [0.29, 0.717) is 31.6 Å². The second-order valence-corrected chi connectivity index (χ2v) is 12.6. The predicted molar refractivity (Wildman–Crippen MR) is 166 cm³/mol. The number of hydrogen-bond acceptors (Lipinski definition) is 5.